The summed E-state index contributed by atoms with van der Waals surface area (Å²) in [5, 5.41) is 15.3. The summed E-state index contributed by atoms with van der Waals surface area (Å²) in [4.78, 5) is 12.1. The van der Waals surface area contributed by atoms with Gasteiger partial charge in [-0.3, -0.25) is 4.79 Å². The molecule has 2 heterocycles. The summed E-state index contributed by atoms with van der Waals surface area (Å²) in [5.74, 6) is 0.832. The van der Waals surface area contributed by atoms with Crippen LogP contribution in [0.3, 0.4) is 0 Å². The van der Waals surface area contributed by atoms with E-state index in [1.54, 1.807) is 17.0 Å². The summed E-state index contributed by atoms with van der Waals surface area (Å²) < 4.78 is 6.93. The number of nitrogens with zero attached hydrogens (tertiary/aromatic N) is 4. The Kier molecular flexibility index (Phi) is 5.18. The van der Waals surface area contributed by atoms with E-state index >= 15 is 0 Å². The largest absolute Gasteiger partial charge is 0.467 e. The molecule has 0 aliphatic rings. The van der Waals surface area contributed by atoms with Gasteiger partial charge in [-0.2, -0.15) is 4.68 Å². The lowest BCUT2D eigenvalue weighted by molar-refractivity contribution is -0.119. The lowest BCUT2D eigenvalue weighted by Crippen LogP contribution is -2.28. The van der Waals surface area contributed by atoms with Gasteiger partial charge in [0.25, 0.3) is 0 Å². The van der Waals surface area contributed by atoms with E-state index in [0.29, 0.717) is 5.16 Å². The van der Waals surface area contributed by atoms with Crippen molar-refractivity contribution in [3.63, 3.8) is 0 Å². The Bertz CT molecular complexity index is 840. The number of aromatic nitrogens is 4. The Labute approximate surface area is 149 Å². The first-order valence-electron chi connectivity index (χ1n) is 7.85. The Morgan fingerprint density at radius 2 is 2.08 bits per heavy atom. The van der Waals surface area contributed by atoms with E-state index in [1.807, 2.05) is 39.0 Å². The first kappa shape index (κ1) is 17.2. The molecule has 1 aromatic carbocycles. The molecule has 0 radical (unpaired) electrons. The van der Waals surface area contributed by atoms with E-state index in [4.69, 9.17) is 4.42 Å². The summed E-state index contributed by atoms with van der Waals surface area (Å²) >= 11 is 1.29. The molecule has 130 valence electrons. The van der Waals surface area contributed by atoms with Gasteiger partial charge in [0.15, 0.2) is 0 Å². The molecule has 1 N–H and O–H groups in total. The van der Waals surface area contributed by atoms with Crippen LogP contribution in [0.1, 0.15) is 29.9 Å². The molecular formula is C17H19N5O2S. The zero-order valence-corrected chi connectivity index (χ0v) is 15.1. The van der Waals surface area contributed by atoms with E-state index < -0.39 is 0 Å². The van der Waals surface area contributed by atoms with Gasteiger partial charge in [0.05, 0.1) is 23.7 Å². The van der Waals surface area contributed by atoms with Crippen LogP contribution >= 0.6 is 11.8 Å². The van der Waals surface area contributed by atoms with E-state index in [2.05, 4.69) is 26.9 Å². The van der Waals surface area contributed by atoms with Crippen molar-refractivity contribution in [1.82, 2.24) is 25.5 Å². The van der Waals surface area contributed by atoms with Gasteiger partial charge in [-0.1, -0.05) is 17.8 Å². The highest BCUT2D eigenvalue weighted by Crippen LogP contribution is 2.20. The van der Waals surface area contributed by atoms with Gasteiger partial charge in [0.1, 0.15) is 5.76 Å². The number of hydrogen-bond acceptors (Lipinski definition) is 6. The molecule has 1 amide bonds. The van der Waals surface area contributed by atoms with Crippen molar-refractivity contribution < 1.29 is 9.21 Å². The lowest BCUT2D eigenvalue weighted by atomic mass is 10.1. The summed E-state index contributed by atoms with van der Waals surface area (Å²) in [6.07, 6.45) is 1.59. The smallest absolute Gasteiger partial charge is 0.231 e. The van der Waals surface area contributed by atoms with Crippen molar-refractivity contribution in [2.24, 2.45) is 0 Å². The van der Waals surface area contributed by atoms with Crippen LogP contribution < -0.4 is 5.32 Å². The molecule has 8 heteroatoms. The first-order chi connectivity index (χ1) is 12.0. The Hall–Kier alpha value is -2.61. The van der Waals surface area contributed by atoms with E-state index in [-0.39, 0.29) is 17.7 Å². The summed E-state index contributed by atoms with van der Waals surface area (Å²) in [5.41, 5.74) is 3.15. The number of nitrogens with one attached hydrogen (secondary N) is 1. The van der Waals surface area contributed by atoms with Gasteiger partial charge < -0.3 is 9.73 Å². The molecule has 0 saturated carbocycles. The number of amides is 1. The third-order valence-electron chi connectivity index (χ3n) is 3.57. The van der Waals surface area contributed by atoms with Crippen molar-refractivity contribution >= 4 is 17.7 Å². The highest BCUT2D eigenvalue weighted by Gasteiger charge is 2.15. The number of rotatable bonds is 6. The average Bonchev–Trinajstić information content (AvgIpc) is 3.23. The molecule has 0 aliphatic heterocycles. The minimum atomic E-state index is -0.182. The predicted octanol–water partition coefficient (Wildman–Crippen LogP) is 2.84. The molecule has 0 unspecified atom stereocenters. The van der Waals surface area contributed by atoms with E-state index in [1.165, 1.54) is 11.8 Å². The van der Waals surface area contributed by atoms with Crippen molar-refractivity contribution in [2.45, 2.75) is 32.0 Å². The van der Waals surface area contributed by atoms with Crippen LogP contribution in [0.5, 0.6) is 0 Å². The zero-order chi connectivity index (χ0) is 17.8. The number of carbonyl (C=O) groups is 1. The average molecular weight is 357 g/mol. The number of carbonyl (C=O) groups excluding carboxylic acids is 1. The zero-order valence-electron chi connectivity index (χ0n) is 14.3. The van der Waals surface area contributed by atoms with Gasteiger partial charge in [-0.15, -0.1) is 5.10 Å². The standard InChI is InChI=1S/C17H19N5O2S/c1-11-7-12(2)9-14(8-11)22-17(19-20-21-22)25-10-16(23)18-13(3)15-5-4-6-24-15/h4-9,13H,10H2,1-3H3,(H,18,23)/t13-/m1/s1. The summed E-state index contributed by atoms with van der Waals surface area (Å²) in [7, 11) is 0. The number of aryl methyl sites for hydroxylation is 2. The molecule has 1 atom stereocenters. The van der Waals surface area contributed by atoms with E-state index in [9.17, 15) is 4.79 Å². The minimum Gasteiger partial charge on any atom is -0.467 e. The molecule has 2 aromatic heterocycles. The minimum absolute atomic E-state index is 0.108. The highest BCUT2D eigenvalue weighted by atomic mass is 32.2. The van der Waals surface area contributed by atoms with Gasteiger partial charge in [-0.25, -0.2) is 0 Å². The fraction of sp³-hybridized carbons (Fsp3) is 0.294. The van der Waals surface area contributed by atoms with Crippen LogP contribution in [0.4, 0.5) is 0 Å². The fourth-order valence-electron chi connectivity index (χ4n) is 2.53. The van der Waals surface area contributed by atoms with Crippen molar-refractivity contribution in [2.75, 3.05) is 5.75 Å². The third-order valence-corrected chi connectivity index (χ3v) is 4.49. The number of furan rings is 1. The number of benzene rings is 1. The van der Waals surface area contributed by atoms with Gasteiger partial charge in [0, 0.05) is 0 Å². The molecule has 0 saturated heterocycles. The molecule has 3 rings (SSSR count). The lowest BCUT2D eigenvalue weighted by Gasteiger charge is -2.11. The van der Waals surface area contributed by atoms with E-state index in [0.717, 1.165) is 22.6 Å². The van der Waals surface area contributed by atoms with Gasteiger partial charge in [-0.05, 0) is 66.6 Å². The molecule has 0 aliphatic carbocycles. The maximum Gasteiger partial charge on any atom is 0.231 e. The number of tetrazole rings is 1. The van der Waals surface area contributed by atoms with Crippen LogP contribution in [0.2, 0.25) is 0 Å². The van der Waals surface area contributed by atoms with Crippen LogP contribution in [-0.4, -0.2) is 31.9 Å². The maximum atomic E-state index is 12.1. The molecular weight excluding hydrogens is 338 g/mol. The molecule has 0 spiro atoms. The Morgan fingerprint density at radius 1 is 1.32 bits per heavy atom. The molecule has 25 heavy (non-hydrogen) atoms. The second-order valence-electron chi connectivity index (χ2n) is 5.81. The first-order valence-corrected chi connectivity index (χ1v) is 8.84. The molecule has 0 fully saturated rings. The normalized spacial score (nSPS) is 12.1. The van der Waals surface area contributed by atoms with Crippen molar-refractivity contribution in [3.8, 4) is 5.69 Å². The summed E-state index contributed by atoms with van der Waals surface area (Å²) in [6.45, 7) is 5.93. The number of hydrogen-bond donors (Lipinski definition) is 1. The second kappa shape index (κ2) is 7.52. The van der Waals surface area contributed by atoms with Crippen LogP contribution in [0.15, 0.2) is 46.2 Å². The monoisotopic (exact) mass is 357 g/mol. The van der Waals surface area contributed by atoms with Gasteiger partial charge in [0.2, 0.25) is 11.1 Å². The fourth-order valence-corrected chi connectivity index (χ4v) is 3.23. The topological polar surface area (TPSA) is 85.8 Å². The SMILES string of the molecule is Cc1cc(C)cc(-n2nnnc2SCC(=O)N[C@H](C)c2ccco2)c1. The molecule has 0 bridgehead atoms. The molecule has 7 nitrogen and oxygen atoms in total. The third kappa shape index (κ3) is 4.27. The predicted molar refractivity (Wildman–Crippen MR) is 94.6 cm³/mol. The van der Waals surface area contributed by atoms with Crippen LogP contribution in [0, 0.1) is 13.8 Å². The highest BCUT2D eigenvalue weighted by molar-refractivity contribution is 7.99. The number of thioether (sulfide) groups is 1. The molecule has 3 aromatic rings. The Morgan fingerprint density at radius 3 is 2.76 bits per heavy atom. The van der Waals surface area contributed by atoms with Crippen molar-refractivity contribution in [1.29, 1.82) is 0 Å². The summed E-state index contributed by atoms with van der Waals surface area (Å²) in [6, 6.07) is 9.55. The van der Waals surface area contributed by atoms with Crippen LogP contribution in [0.25, 0.3) is 5.69 Å². The van der Waals surface area contributed by atoms with Crippen molar-refractivity contribution in [3.05, 3.63) is 53.5 Å². The quantitative estimate of drug-likeness (QED) is 0.683. The van der Waals surface area contributed by atoms with Gasteiger partial charge >= 0.3 is 0 Å². The van der Waals surface area contributed by atoms with Crippen LogP contribution in [-0.2, 0) is 4.79 Å². The second-order valence-corrected chi connectivity index (χ2v) is 6.75. The Balaban J connectivity index is 1.64. The maximum absolute atomic E-state index is 12.1.